The second kappa shape index (κ2) is 7.97. The van der Waals surface area contributed by atoms with Crippen molar-refractivity contribution in [3.8, 4) is 5.75 Å². The summed E-state index contributed by atoms with van der Waals surface area (Å²) in [6.45, 7) is 5.54. The summed E-state index contributed by atoms with van der Waals surface area (Å²) in [5.41, 5.74) is 4.42. The lowest BCUT2D eigenvalue weighted by Gasteiger charge is -2.29. The van der Waals surface area contributed by atoms with Crippen molar-refractivity contribution in [3.63, 3.8) is 0 Å². The molecule has 1 aliphatic heterocycles. The average Bonchev–Trinajstić information content (AvgIpc) is 2.67. The fourth-order valence-electron chi connectivity index (χ4n) is 2.79. The number of morpholine rings is 1. The maximum absolute atomic E-state index is 5.55. The van der Waals surface area contributed by atoms with Crippen LogP contribution in [0.15, 0.2) is 47.5 Å². The van der Waals surface area contributed by atoms with E-state index in [9.17, 15) is 0 Å². The van der Waals surface area contributed by atoms with E-state index in [-0.39, 0.29) is 0 Å². The number of ether oxygens (including phenoxy) is 2. The molecule has 0 atom stereocenters. The highest BCUT2D eigenvalue weighted by Gasteiger charge is 2.13. The zero-order chi connectivity index (χ0) is 16.8. The summed E-state index contributed by atoms with van der Waals surface area (Å²) in [5.74, 6) is 0.841. The molecule has 0 radical (unpaired) electrons. The predicted octanol–water partition coefficient (Wildman–Crippen LogP) is 3.84. The lowest BCUT2D eigenvalue weighted by molar-refractivity contribution is 0.122. The molecule has 2 aromatic rings. The van der Waals surface area contributed by atoms with Crippen LogP contribution in [0.25, 0.3) is 0 Å². The monoisotopic (exact) mass is 324 g/mol. The number of aliphatic imine (C=N–C) groups is 1. The minimum atomic E-state index is 0.777. The predicted molar refractivity (Wildman–Crippen MR) is 99.1 cm³/mol. The molecule has 1 saturated heterocycles. The molecule has 1 heterocycles. The van der Waals surface area contributed by atoms with E-state index in [0.29, 0.717) is 0 Å². The normalized spacial score (nSPS) is 15.0. The van der Waals surface area contributed by atoms with Gasteiger partial charge in [0.15, 0.2) is 0 Å². The van der Waals surface area contributed by atoms with Crippen LogP contribution in [0.4, 0.5) is 11.4 Å². The van der Waals surface area contributed by atoms with Gasteiger partial charge in [-0.1, -0.05) is 19.1 Å². The quantitative estimate of drug-likeness (QED) is 0.784. The van der Waals surface area contributed by atoms with Crippen molar-refractivity contribution in [2.24, 2.45) is 4.99 Å². The van der Waals surface area contributed by atoms with E-state index < -0.39 is 0 Å². The highest BCUT2D eigenvalue weighted by Crippen LogP contribution is 2.26. The molecule has 0 aliphatic carbocycles. The van der Waals surface area contributed by atoms with Crippen molar-refractivity contribution in [2.75, 3.05) is 38.3 Å². The number of rotatable bonds is 5. The Balaban J connectivity index is 1.77. The van der Waals surface area contributed by atoms with Crippen LogP contribution in [0.5, 0.6) is 5.75 Å². The first-order chi connectivity index (χ1) is 11.8. The van der Waals surface area contributed by atoms with Crippen LogP contribution < -0.4 is 9.64 Å². The van der Waals surface area contributed by atoms with Crippen LogP contribution in [-0.2, 0) is 11.2 Å². The van der Waals surface area contributed by atoms with Gasteiger partial charge in [0.2, 0.25) is 0 Å². The largest absolute Gasteiger partial charge is 0.496 e. The third kappa shape index (κ3) is 3.95. The Morgan fingerprint density at radius 3 is 2.54 bits per heavy atom. The van der Waals surface area contributed by atoms with Gasteiger partial charge in [0.1, 0.15) is 5.75 Å². The van der Waals surface area contributed by atoms with Gasteiger partial charge in [-0.3, -0.25) is 4.99 Å². The van der Waals surface area contributed by atoms with Crippen molar-refractivity contribution in [2.45, 2.75) is 13.3 Å². The smallest absolute Gasteiger partial charge is 0.129 e. The summed E-state index contributed by atoms with van der Waals surface area (Å²) in [5, 5.41) is 0. The van der Waals surface area contributed by atoms with Crippen LogP contribution in [0.1, 0.15) is 18.1 Å². The Bertz CT molecular complexity index is 689. The molecule has 0 aromatic heterocycles. The Hall–Kier alpha value is -2.33. The SMILES string of the molecule is CCc1ccc(N=Cc2ccc(N3CCOCC3)cc2OC)cc1. The zero-order valence-corrected chi connectivity index (χ0v) is 14.4. The van der Waals surface area contributed by atoms with E-state index in [0.717, 1.165) is 49.7 Å². The van der Waals surface area contributed by atoms with E-state index in [2.05, 4.69) is 47.1 Å². The van der Waals surface area contributed by atoms with Crippen LogP contribution in [-0.4, -0.2) is 39.6 Å². The number of benzene rings is 2. The molecule has 0 amide bonds. The Labute approximate surface area is 143 Å². The first-order valence-electron chi connectivity index (χ1n) is 8.44. The summed E-state index contributed by atoms with van der Waals surface area (Å²) in [6, 6.07) is 14.6. The van der Waals surface area contributed by atoms with Crippen LogP contribution in [0.3, 0.4) is 0 Å². The lowest BCUT2D eigenvalue weighted by Crippen LogP contribution is -2.36. The molecular formula is C20H24N2O2. The molecule has 0 spiro atoms. The topological polar surface area (TPSA) is 34.1 Å². The van der Waals surface area contributed by atoms with Crippen LogP contribution in [0.2, 0.25) is 0 Å². The Morgan fingerprint density at radius 1 is 1.12 bits per heavy atom. The number of methoxy groups -OCH3 is 1. The van der Waals surface area contributed by atoms with Gasteiger partial charge in [-0.2, -0.15) is 0 Å². The highest BCUT2D eigenvalue weighted by atomic mass is 16.5. The molecule has 0 unspecified atom stereocenters. The van der Waals surface area contributed by atoms with Crippen molar-refractivity contribution in [1.29, 1.82) is 0 Å². The van der Waals surface area contributed by atoms with E-state index >= 15 is 0 Å². The maximum Gasteiger partial charge on any atom is 0.129 e. The first kappa shape index (κ1) is 16.5. The minimum Gasteiger partial charge on any atom is -0.496 e. The molecule has 0 saturated carbocycles. The third-order valence-electron chi connectivity index (χ3n) is 4.29. The third-order valence-corrected chi connectivity index (χ3v) is 4.29. The van der Waals surface area contributed by atoms with Gasteiger partial charge in [0.25, 0.3) is 0 Å². The Morgan fingerprint density at radius 2 is 1.88 bits per heavy atom. The van der Waals surface area contributed by atoms with Crippen molar-refractivity contribution in [3.05, 3.63) is 53.6 Å². The second-order valence-corrected chi connectivity index (χ2v) is 5.80. The standard InChI is InChI=1S/C20H24N2O2/c1-3-16-4-7-18(8-5-16)21-15-17-6-9-19(14-20(17)23-2)22-10-12-24-13-11-22/h4-9,14-15H,3,10-13H2,1-2H3. The fourth-order valence-corrected chi connectivity index (χ4v) is 2.79. The molecule has 126 valence electrons. The van der Waals surface area contributed by atoms with E-state index in [4.69, 9.17) is 9.47 Å². The summed E-state index contributed by atoms with van der Waals surface area (Å²) in [6.07, 6.45) is 2.91. The molecular weight excluding hydrogens is 300 g/mol. The zero-order valence-electron chi connectivity index (χ0n) is 14.4. The van der Waals surface area contributed by atoms with Crippen molar-refractivity contribution >= 4 is 17.6 Å². The lowest BCUT2D eigenvalue weighted by atomic mass is 10.1. The maximum atomic E-state index is 5.55. The summed E-state index contributed by atoms with van der Waals surface area (Å²) in [4.78, 5) is 6.88. The summed E-state index contributed by atoms with van der Waals surface area (Å²) in [7, 11) is 1.70. The molecule has 4 nitrogen and oxygen atoms in total. The molecule has 1 aliphatic rings. The second-order valence-electron chi connectivity index (χ2n) is 5.80. The first-order valence-corrected chi connectivity index (χ1v) is 8.44. The average molecular weight is 324 g/mol. The molecule has 2 aromatic carbocycles. The number of nitrogens with zero attached hydrogens (tertiary/aromatic N) is 2. The highest BCUT2D eigenvalue weighted by molar-refractivity contribution is 5.86. The Kier molecular flexibility index (Phi) is 5.49. The number of aryl methyl sites for hydroxylation is 1. The van der Waals surface area contributed by atoms with Gasteiger partial charge >= 0.3 is 0 Å². The van der Waals surface area contributed by atoms with E-state index in [1.807, 2.05) is 18.3 Å². The molecule has 0 N–H and O–H groups in total. The van der Waals surface area contributed by atoms with Gasteiger partial charge in [-0.15, -0.1) is 0 Å². The van der Waals surface area contributed by atoms with Gasteiger partial charge in [-0.25, -0.2) is 0 Å². The van der Waals surface area contributed by atoms with Gasteiger partial charge < -0.3 is 14.4 Å². The number of hydrogen-bond donors (Lipinski definition) is 0. The van der Waals surface area contributed by atoms with Gasteiger partial charge in [-0.05, 0) is 36.2 Å². The van der Waals surface area contributed by atoms with E-state index in [1.54, 1.807) is 7.11 Å². The molecule has 3 rings (SSSR count). The van der Waals surface area contributed by atoms with Crippen LogP contribution >= 0.6 is 0 Å². The minimum absolute atomic E-state index is 0.777. The van der Waals surface area contributed by atoms with Crippen molar-refractivity contribution in [1.82, 2.24) is 0 Å². The fraction of sp³-hybridized carbons (Fsp3) is 0.350. The molecule has 0 bridgehead atoms. The summed E-state index contributed by atoms with van der Waals surface area (Å²) >= 11 is 0. The molecule has 1 fully saturated rings. The number of hydrogen-bond acceptors (Lipinski definition) is 4. The van der Waals surface area contributed by atoms with Crippen LogP contribution in [0, 0.1) is 0 Å². The van der Waals surface area contributed by atoms with Gasteiger partial charge in [0, 0.05) is 36.6 Å². The molecule has 4 heteroatoms. The summed E-state index contributed by atoms with van der Waals surface area (Å²) < 4.78 is 11.0. The van der Waals surface area contributed by atoms with Gasteiger partial charge in [0.05, 0.1) is 26.0 Å². The van der Waals surface area contributed by atoms with E-state index in [1.165, 1.54) is 11.3 Å². The van der Waals surface area contributed by atoms with Crippen molar-refractivity contribution < 1.29 is 9.47 Å². The molecule has 24 heavy (non-hydrogen) atoms. The number of anilines is 1.